The molecular weight excluding hydrogens is 268 g/mol. The number of hydrogen-bond acceptors (Lipinski definition) is 6. The number of nitrogens with zero attached hydrogens (tertiary/aromatic N) is 3. The minimum Gasteiger partial charge on any atom is -0.444 e. The number of anilines is 1. The second kappa shape index (κ2) is 6.49. The van der Waals surface area contributed by atoms with Gasteiger partial charge in [0, 0.05) is 12.7 Å². The molecule has 0 atom stereocenters. The van der Waals surface area contributed by atoms with E-state index in [9.17, 15) is 0 Å². The van der Waals surface area contributed by atoms with Crippen molar-refractivity contribution in [3.05, 3.63) is 34.9 Å². The first-order chi connectivity index (χ1) is 9.17. The van der Waals surface area contributed by atoms with Crippen molar-refractivity contribution < 1.29 is 9.15 Å². The summed E-state index contributed by atoms with van der Waals surface area (Å²) in [4.78, 5) is 12.5. The Morgan fingerprint density at radius 3 is 2.95 bits per heavy atom. The highest BCUT2D eigenvalue weighted by Crippen LogP contribution is 2.13. The summed E-state index contributed by atoms with van der Waals surface area (Å²) in [5, 5.41) is 3.46. The molecule has 2 aromatic heterocycles. The lowest BCUT2D eigenvalue weighted by Crippen LogP contribution is -2.06. The van der Waals surface area contributed by atoms with Gasteiger partial charge in [-0.25, -0.2) is 15.0 Å². The van der Waals surface area contributed by atoms with Crippen molar-refractivity contribution in [3.63, 3.8) is 0 Å². The van der Waals surface area contributed by atoms with Crippen LogP contribution in [0.25, 0.3) is 0 Å². The van der Waals surface area contributed by atoms with Crippen LogP contribution in [-0.2, 0) is 17.9 Å². The first kappa shape index (κ1) is 13.8. The predicted molar refractivity (Wildman–Crippen MR) is 70.9 cm³/mol. The molecule has 6 nitrogen and oxygen atoms in total. The fraction of sp³-hybridized carbons (Fsp3) is 0.417. The Hall–Kier alpha value is -1.66. The molecule has 102 valence electrons. The fourth-order valence-corrected chi connectivity index (χ4v) is 1.66. The Labute approximate surface area is 116 Å². The van der Waals surface area contributed by atoms with Gasteiger partial charge in [0.05, 0.1) is 12.7 Å². The molecule has 7 heteroatoms. The van der Waals surface area contributed by atoms with Crippen LogP contribution in [0.15, 0.2) is 16.7 Å². The molecule has 0 saturated carbocycles. The summed E-state index contributed by atoms with van der Waals surface area (Å²) in [6, 6.07) is 1.65. The average molecular weight is 283 g/mol. The van der Waals surface area contributed by atoms with Crippen LogP contribution in [0.2, 0.25) is 5.15 Å². The van der Waals surface area contributed by atoms with Crippen LogP contribution >= 0.6 is 11.6 Å². The Kier molecular flexibility index (Phi) is 4.70. The normalized spacial score (nSPS) is 10.7. The quantitative estimate of drug-likeness (QED) is 0.821. The third-order valence-corrected chi connectivity index (χ3v) is 2.46. The molecule has 19 heavy (non-hydrogen) atoms. The maximum absolute atomic E-state index is 5.93. The van der Waals surface area contributed by atoms with Crippen LogP contribution in [0.3, 0.4) is 0 Å². The van der Waals surface area contributed by atoms with Crippen molar-refractivity contribution in [3.8, 4) is 0 Å². The van der Waals surface area contributed by atoms with Gasteiger partial charge < -0.3 is 14.5 Å². The van der Waals surface area contributed by atoms with E-state index in [2.05, 4.69) is 20.3 Å². The molecule has 0 saturated heterocycles. The van der Waals surface area contributed by atoms with Gasteiger partial charge in [-0.15, -0.1) is 0 Å². The van der Waals surface area contributed by atoms with Gasteiger partial charge in [-0.1, -0.05) is 11.6 Å². The molecule has 0 spiro atoms. The maximum atomic E-state index is 5.93. The zero-order valence-corrected chi connectivity index (χ0v) is 11.6. The van der Waals surface area contributed by atoms with Gasteiger partial charge >= 0.3 is 0 Å². The van der Waals surface area contributed by atoms with Gasteiger partial charge in [-0.3, -0.25) is 0 Å². The lowest BCUT2D eigenvalue weighted by Gasteiger charge is -2.06. The molecule has 1 N–H and O–H groups in total. The van der Waals surface area contributed by atoms with Crippen LogP contribution in [0.4, 0.5) is 5.82 Å². The lowest BCUT2D eigenvalue weighted by molar-refractivity contribution is 0.128. The molecule has 0 fully saturated rings. The molecule has 0 aliphatic rings. The van der Waals surface area contributed by atoms with Crippen LogP contribution in [0, 0.1) is 6.92 Å². The predicted octanol–water partition coefficient (Wildman–Crippen LogP) is 2.58. The van der Waals surface area contributed by atoms with Crippen molar-refractivity contribution >= 4 is 17.4 Å². The molecule has 2 rings (SSSR count). The summed E-state index contributed by atoms with van der Waals surface area (Å²) >= 11 is 5.93. The minimum absolute atomic E-state index is 0.337. The van der Waals surface area contributed by atoms with E-state index in [1.165, 1.54) is 0 Å². The molecule has 0 aromatic carbocycles. The van der Waals surface area contributed by atoms with Gasteiger partial charge in [-0.05, 0) is 13.8 Å². The van der Waals surface area contributed by atoms with Crippen molar-refractivity contribution in [2.75, 3.05) is 11.9 Å². The van der Waals surface area contributed by atoms with E-state index in [0.29, 0.717) is 42.4 Å². The fourth-order valence-electron chi connectivity index (χ4n) is 1.46. The Balaban J connectivity index is 2.01. The monoisotopic (exact) mass is 282 g/mol. The van der Waals surface area contributed by atoms with Gasteiger partial charge in [0.2, 0.25) is 5.89 Å². The van der Waals surface area contributed by atoms with E-state index < -0.39 is 0 Å². The number of halogens is 1. The van der Waals surface area contributed by atoms with Crippen molar-refractivity contribution in [1.82, 2.24) is 15.0 Å². The number of oxazole rings is 1. The van der Waals surface area contributed by atoms with Gasteiger partial charge in [0.25, 0.3) is 0 Å². The number of aromatic nitrogens is 3. The number of aryl methyl sites for hydroxylation is 1. The van der Waals surface area contributed by atoms with Crippen LogP contribution < -0.4 is 5.32 Å². The third-order valence-electron chi connectivity index (χ3n) is 2.27. The smallest absolute Gasteiger partial charge is 0.213 e. The van der Waals surface area contributed by atoms with Crippen LogP contribution in [0.5, 0.6) is 0 Å². The molecule has 0 amide bonds. The minimum atomic E-state index is 0.337. The first-order valence-electron chi connectivity index (χ1n) is 5.93. The van der Waals surface area contributed by atoms with Gasteiger partial charge in [-0.2, -0.15) is 0 Å². The Bertz CT molecular complexity index is 544. The summed E-state index contributed by atoms with van der Waals surface area (Å²) in [5.74, 6) is 2.53. The SMILES string of the molecule is CCOCc1nc(Cl)cc(NCc2ncc(C)o2)n1. The second-order valence-electron chi connectivity index (χ2n) is 3.85. The molecule has 2 heterocycles. The molecule has 0 radical (unpaired) electrons. The highest BCUT2D eigenvalue weighted by molar-refractivity contribution is 6.29. The topological polar surface area (TPSA) is 73.1 Å². The first-order valence-corrected chi connectivity index (χ1v) is 6.31. The lowest BCUT2D eigenvalue weighted by atomic mass is 10.5. The van der Waals surface area contributed by atoms with Crippen molar-refractivity contribution in [2.45, 2.75) is 27.0 Å². The zero-order chi connectivity index (χ0) is 13.7. The molecular formula is C12H15ClN4O2. The Morgan fingerprint density at radius 2 is 2.26 bits per heavy atom. The largest absolute Gasteiger partial charge is 0.444 e. The number of ether oxygens (including phenoxy) is 1. The number of hydrogen-bond donors (Lipinski definition) is 1. The maximum Gasteiger partial charge on any atom is 0.213 e. The van der Waals surface area contributed by atoms with E-state index in [-0.39, 0.29) is 0 Å². The summed E-state index contributed by atoms with van der Waals surface area (Å²) in [6.07, 6.45) is 1.67. The van der Waals surface area contributed by atoms with E-state index >= 15 is 0 Å². The van der Waals surface area contributed by atoms with Gasteiger partial charge in [0.1, 0.15) is 23.3 Å². The van der Waals surface area contributed by atoms with E-state index in [0.717, 1.165) is 5.76 Å². The number of rotatable bonds is 6. The Morgan fingerprint density at radius 1 is 1.42 bits per heavy atom. The number of nitrogens with one attached hydrogen (secondary N) is 1. The highest BCUT2D eigenvalue weighted by Gasteiger charge is 2.05. The van der Waals surface area contributed by atoms with Crippen molar-refractivity contribution in [2.24, 2.45) is 0 Å². The molecule has 0 aliphatic heterocycles. The van der Waals surface area contributed by atoms with E-state index in [4.69, 9.17) is 20.8 Å². The van der Waals surface area contributed by atoms with E-state index in [1.54, 1.807) is 12.3 Å². The van der Waals surface area contributed by atoms with E-state index in [1.807, 2.05) is 13.8 Å². The standard InChI is InChI=1S/C12H15ClN4O2/c1-3-18-7-11-16-9(13)4-10(17-11)14-6-12-15-5-8(2)19-12/h4-5H,3,6-7H2,1-2H3,(H,14,16,17). The molecule has 2 aromatic rings. The van der Waals surface area contributed by atoms with Crippen LogP contribution in [0.1, 0.15) is 24.4 Å². The summed E-state index contributed by atoms with van der Waals surface area (Å²) in [6.45, 7) is 5.14. The molecule has 0 unspecified atom stereocenters. The summed E-state index contributed by atoms with van der Waals surface area (Å²) < 4.78 is 10.6. The third kappa shape index (κ3) is 4.18. The van der Waals surface area contributed by atoms with Gasteiger partial charge in [0.15, 0.2) is 5.82 Å². The zero-order valence-electron chi connectivity index (χ0n) is 10.8. The van der Waals surface area contributed by atoms with Crippen molar-refractivity contribution in [1.29, 1.82) is 0 Å². The van der Waals surface area contributed by atoms with Crippen LogP contribution in [-0.4, -0.2) is 21.6 Å². The highest BCUT2D eigenvalue weighted by atomic mass is 35.5. The second-order valence-corrected chi connectivity index (χ2v) is 4.23. The molecule has 0 aliphatic carbocycles. The summed E-state index contributed by atoms with van der Waals surface area (Å²) in [7, 11) is 0. The molecule has 0 bridgehead atoms. The average Bonchev–Trinajstić information content (AvgIpc) is 2.79. The summed E-state index contributed by atoms with van der Waals surface area (Å²) in [5.41, 5.74) is 0.